The number of aromatic nitrogens is 2. The van der Waals surface area contributed by atoms with Gasteiger partial charge in [0.05, 0.1) is 12.4 Å². The van der Waals surface area contributed by atoms with Crippen LogP contribution in [0.2, 0.25) is 0 Å². The number of rotatable bonds is 4. The standard InChI is InChI=1S/C12H12ClFN2O/c1-2-16-8-10(7-15-16)17-12-4-3-9(6-13)5-11(12)14/h3-5,7-8H,2,6H2,1H3. The van der Waals surface area contributed by atoms with E-state index in [4.69, 9.17) is 16.3 Å². The van der Waals surface area contributed by atoms with E-state index in [2.05, 4.69) is 5.10 Å². The molecule has 5 heteroatoms. The van der Waals surface area contributed by atoms with E-state index >= 15 is 0 Å². The van der Waals surface area contributed by atoms with Crippen molar-refractivity contribution < 1.29 is 9.13 Å². The molecule has 0 spiro atoms. The Morgan fingerprint density at radius 2 is 2.29 bits per heavy atom. The third-order valence-electron chi connectivity index (χ3n) is 2.31. The molecule has 0 aliphatic rings. The van der Waals surface area contributed by atoms with Crippen LogP contribution in [0.5, 0.6) is 11.5 Å². The average molecular weight is 255 g/mol. The second-order valence-electron chi connectivity index (χ2n) is 3.53. The lowest BCUT2D eigenvalue weighted by atomic mass is 10.2. The molecule has 1 aromatic carbocycles. The van der Waals surface area contributed by atoms with E-state index < -0.39 is 5.82 Å². The molecule has 1 heterocycles. The molecule has 0 saturated carbocycles. The van der Waals surface area contributed by atoms with E-state index in [0.29, 0.717) is 5.75 Å². The number of alkyl halides is 1. The highest BCUT2D eigenvalue weighted by Crippen LogP contribution is 2.25. The summed E-state index contributed by atoms with van der Waals surface area (Å²) in [5, 5.41) is 4.04. The van der Waals surface area contributed by atoms with Crippen LogP contribution in [-0.2, 0) is 12.4 Å². The second-order valence-corrected chi connectivity index (χ2v) is 3.80. The van der Waals surface area contributed by atoms with Gasteiger partial charge in [0.15, 0.2) is 17.3 Å². The van der Waals surface area contributed by atoms with Gasteiger partial charge in [0.25, 0.3) is 0 Å². The summed E-state index contributed by atoms with van der Waals surface area (Å²) >= 11 is 5.61. The van der Waals surface area contributed by atoms with Crippen LogP contribution in [0, 0.1) is 5.82 Å². The van der Waals surface area contributed by atoms with Crippen LogP contribution in [-0.4, -0.2) is 9.78 Å². The largest absolute Gasteiger partial charge is 0.451 e. The number of hydrogen-bond donors (Lipinski definition) is 0. The maximum absolute atomic E-state index is 13.6. The van der Waals surface area contributed by atoms with Crippen LogP contribution >= 0.6 is 11.6 Å². The van der Waals surface area contributed by atoms with Gasteiger partial charge in [-0.05, 0) is 24.6 Å². The molecule has 2 rings (SSSR count). The second kappa shape index (κ2) is 5.19. The van der Waals surface area contributed by atoms with Crippen LogP contribution in [0.4, 0.5) is 4.39 Å². The van der Waals surface area contributed by atoms with E-state index in [1.165, 1.54) is 6.07 Å². The third kappa shape index (κ3) is 2.77. The minimum Gasteiger partial charge on any atom is -0.451 e. The summed E-state index contributed by atoms with van der Waals surface area (Å²) in [4.78, 5) is 0. The highest BCUT2D eigenvalue weighted by Gasteiger charge is 2.07. The number of nitrogens with zero attached hydrogens (tertiary/aromatic N) is 2. The molecule has 3 nitrogen and oxygen atoms in total. The zero-order chi connectivity index (χ0) is 12.3. The van der Waals surface area contributed by atoms with Gasteiger partial charge in [-0.2, -0.15) is 5.10 Å². The van der Waals surface area contributed by atoms with Crippen LogP contribution in [0.1, 0.15) is 12.5 Å². The van der Waals surface area contributed by atoms with Gasteiger partial charge in [0.1, 0.15) is 0 Å². The van der Waals surface area contributed by atoms with Crippen LogP contribution in [0.3, 0.4) is 0 Å². The highest BCUT2D eigenvalue weighted by atomic mass is 35.5. The maximum Gasteiger partial charge on any atom is 0.166 e. The van der Waals surface area contributed by atoms with Gasteiger partial charge < -0.3 is 4.74 Å². The average Bonchev–Trinajstić information content (AvgIpc) is 2.79. The SMILES string of the molecule is CCn1cc(Oc2ccc(CCl)cc2F)cn1. The topological polar surface area (TPSA) is 27.1 Å². The van der Waals surface area contributed by atoms with E-state index in [1.54, 1.807) is 29.2 Å². The van der Waals surface area contributed by atoms with Crippen LogP contribution < -0.4 is 4.74 Å². The van der Waals surface area contributed by atoms with E-state index in [9.17, 15) is 4.39 Å². The van der Waals surface area contributed by atoms with Crippen molar-refractivity contribution in [2.24, 2.45) is 0 Å². The van der Waals surface area contributed by atoms with Crippen molar-refractivity contribution in [2.45, 2.75) is 19.3 Å². The minimum absolute atomic E-state index is 0.175. The molecular formula is C12H12ClFN2O. The lowest BCUT2D eigenvalue weighted by Gasteiger charge is -2.05. The molecule has 0 aliphatic carbocycles. The van der Waals surface area contributed by atoms with Crippen molar-refractivity contribution in [2.75, 3.05) is 0 Å². The Labute approximate surface area is 104 Å². The van der Waals surface area contributed by atoms with E-state index in [1.807, 2.05) is 6.92 Å². The summed E-state index contributed by atoms with van der Waals surface area (Å²) in [7, 11) is 0. The molecule has 0 fully saturated rings. The number of aryl methyl sites for hydroxylation is 1. The number of ether oxygens (including phenoxy) is 1. The minimum atomic E-state index is -0.424. The van der Waals surface area contributed by atoms with E-state index in [-0.39, 0.29) is 11.6 Å². The van der Waals surface area contributed by atoms with Crippen LogP contribution in [0.25, 0.3) is 0 Å². The van der Waals surface area contributed by atoms with E-state index in [0.717, 1.165) is 12.1 Å². The van der Waals surface area contributed by atoms with Crippen molar-refractivity contribution in [3.8, 4) is 11.5 Å². The monoisotopic (exact) mass is 254 g/mol. The molecule has 0 aliphatic heterocycles. The Hall–Kier alpha value is -1.55. The fraction of sp³-hybridized carbons (Fsp3) is 0.250. The molecule has 0 radical (unpaired) electrons. The summed E-state index contributed by atoms with van der Waals surface area (Å²) in [6.07, 6.45) is 3.27. The first-order valence-electron chi connectivity index (χ1n) is 5.27. The lowest BCUT2D eigenvalue weighted by Crippen LogP contribution is -1.92. The molecule has 2 aromatic rings. The third-order valence-corrected chi connectivity index (χ3v) is 2.62. The number of halogens is 2. The molecule has 17 heavy (non-hydrogen) atoms. The van der Waals surface area contributed by atoms with Gasteiger partial charge in [-0.25, -0.2) is 4.39 Å². The molecule has 1 aromatic heterocycles. The smallest absolute Gasteiger partial charge is 0.166 e. The van der Waals surface area contributed by atoms with Gasteiger partial charge in [0.2, 0.25) is 0 Å². The highest BCUT2D eigenvalue weighted by molar-refractivity contribution is 6.17. The fourth-order valence-electron chi connectivity index (χ4n) is 1.41. The fourth-order valence-corrected chi connectivity index (χ4v) is 1.57. The van der Waals surface area contributed by atoms with Crippen molar-refractivity contribution in [1.29, 1.82) is 0 Å². The molecule has 0 atom stereocenters. The Bertz CT molecular complexity index is 513. The first-order valence-corrected chi connectivity index (χ1v) is 5.81. The molecule has 0 bridgehead atoms. The summed E-state index contributed by atoms with van der Waals surface area (Å²) in [6, 6.07) is 4.67. The first-order chi connectivity index (χ1) is 8.22. The molecule has 90 valence electrons. The number of hydrogen-bond acceptors (Lipinski definition) is 2. The first kappa shape index (κ1) is 11.9. The Kier molecular flexibility index (Phi) is 3.64. The van der Waals surface area contributed by atoms with Gasteiger partial charge in [-0.3, -0.25) is 4.68 Å². The van der Waals surface area contributed by atoms with Crippen molar-refractivity contribution in [1.82, 2.24) is 9.78 Å². The predicted molar refractivity (Wildman–Crippen MR) is 63.9 cm³/mol. The van der Waals surface area contributed by atoms with Crippen molar-refractivity contribution in [3.63, 3.8) is 0 Å². The molecular weight excluding hydrogens is 243 g/mol. The van der Waals surface area contributed by atoms with Gasteiger partial charge >= 0.3 is 0 Å². The zero-order valence-corrected chi connectivity index (χ0v) is 10.1. The van der Waals surface area contributed by atoms with Crippen molar-refractivity contribution >= 4 is 11.6 Å². The summed E-state index contributed by atoms with van der Waals surface area (Å²) in [6.45, 7) is 2.71. The predicted octanol–water partition coefficient (Wildman–Crippen LogP) is 3.57. The molecule has 0 amide bonds. The Morgan fingerprint density at radius 3 is 2.88 bits per heavy atom. The molecule has 0 saturated heterocycles. The van der Waals surface area contributed by atoms with Gasteiger partial charge in [-0.15, -0.1) is 11.6 Å². The van der Waals surface area contributed by atoms with Gasteiger partial charge in [0, 0.05) is 12.4 Å². The van der Waals surface area contributed by atoms with Gasteiger partial charge in [-0.1, -0.05) is 6.07 Å². The maximum atomic E-state index is 13.6. The zero-order valence-electron chi connectivity index (χ0n) is 9.36. The Morgan fingerprint density at radius 1 is 1.47 bits per heavy atom. The quantitative estimate of drug-likeness (QED) is 0.780. The molecule has 0 unspecified atom stereocenters. The molecule has 0 N–H and O–H groups in total. The summed E-state index contributed by atoms with van der Waals surface area (Å²) in [5.74, 6) is 0.552. The van der Waals surface area contributed by atoms with Crippen molar-refractivity contribution in [3.05, 3.63) is 42.0 Å². The van der Waals surface area contributed by atoms with Crippen LogP contribution in [0.15, 0.2) is 30.6 Å². The Balaban J connectivity index is 2.18. The number of benzene rings is 1. The summed E-state index contributed by atoms with van der Waals surface area (Å²) in [5.41, 5.74) is 0.723. The summed E-state index contributed by atoms with van der Waals surface area (Å²) < 4.78 is 20.7. The lowest BCUT2D eigenvalue weighted by molar-refractivity contribution is 0.441. The normalized spacial score (nSPS) is 10.5.